The molecule has 0 bridgehead atoms. The third-order valence-corrected chi connectivity index (χ3v) is 3.05. The van der Waals surface area contributed by atoms with Crippen LogP contribution in [0.3, 0.4) is 0 Å². The van der Waals surface area contributed by atoms with Gasteiger partial charge in [0.15, 0.2) is 5.95 Å². The molecule has 1 aliphatic heterocycles. The molecule has 1 aliphatic rings. The minimum atomic E-state index is -0.545. The Morgan fingerprint density at radius 1 is 1.50 bits per heavy atom. The molecule has 20 heavy (non-hydrogen) atoms. The first kappa shape index (κ1) is 12.3. The van der Waals surface area contributed by atoms with E-state index in [-0.39, 0.29) is 11.4 Å². The molecule has 7 heteroatoms. The van der Waals surface area contributed by atoms with Gasteiger partial charge in [-0.25, -0.2) is 0 Å². The van der Waals surface area contributed by atoms with Crippen molar-refractivity contribution in [2.45, 2.75) is 6.54 Å². The van der Waals surface area contributed by atoms with Crippen molar-refractivity contribution in [1.29, 1.82) is 0 Å². The molecule has 0 radical (unpaired) electrons. The van der Waals surface area contributed by atoms with Crippen LogP contribution in [0.1, 0.15) is 20.8 Å². The second-order valence-corrected chi connectivity index (χ2v) is 4.33. The highest BCUT2D eigenvalue weighted by molar-refractivity contribution is 6.08. The summed E-state index contributed by atoms with van der Waals surface area (Å²) < 4.78 is 15.0. The molecule has 3 heterocycles. The lowest BCUT2D eigenvalue weighted by Crippen LogP contribution is -2.36. The molecule has 102 valence electrons. The summed E-state index contributed by atoms with van der Waals surface area (Å²) in [5, 5.41) is 5.15. The summed E-state index contributed by atoms with van der Waals surface area (Å²) in [6, 6.07) is 4.35. The van der Waals surface area contributed by atoms with Gasteiger partial charge in [0.2, 0.25) is 0 Å². The first-order valence-electron chi connectivity index (χ1n) is 6.05. The van der Waals surface area contributed by atoms with Crippen molar-refractivity contribution < 1.29 is 14.0 Å². The highest BCUT2D eigenvalue weighted by atomic mass is 19.1. The van der Waals surface area contributed by atoms with Gasteiger partial charge in [0.1, 0.15) is 5.69 Å². The molecule has 2 amide bonds. The number of carbonyl (C=O) groups excluding carboxylic acids is 2. The van der Waals surface area contributed by atoms with Crippen LogP contribution in [0.4, 0.5) is 10.1 Å². The number of rotatable bonds is 2. The number of amides is 2. The first-order valence-corrected chi connectivity index (χ1v) is 6.05. The van der Waals surface area contributed by atoms with Gasteiger partial charge in [0, 0.05) is 31.5 Å². The minimum Gasteiger partial charge on any atom is -0.349 e. The van der Waals surface area contributed by atoms with Gasteiger partial charge in [0.05, 0.1) is 11.3 Å². The van der Waals surface area contributed by atoms with Gasteiger partial charge in [-0.05, 0) is 12.1 Å². The average molecular weight is 274 g/mol. The number of hydrogen-bond acceptors (Lipinski definition) is 3. The summed E-state index contributed by atoms with van der Waals surface area (Å²) in [5.41, 5.74) is 0.628. The van der Waals surface area contributed by atoms with E-state index in [0.29, 0.717) is 18.7 Å². The molecule has 6 nitrogen and oxygen atoms in total. The topological polar surface area (TPSA) is 76.0 Å². The van der Waals surface area contributed by atoms with E-state index < -0.39 is 17.8 Å². The molecular formula is C13H11FN4O2. The number of hydrogen-bond donors (Lipinski definition) is 2. The van der Waals surface area contributed by atoms with Gasteiger partial charge < -0.3 is 15.2 Å². The molecule has 2 aromatic rings. The van der Waals surface area contributed by atoms with Crippen LogP contribution < -0.4 is 10.6 Å². The quantitative estimate of drug-likeness (QED) is 0.858. The molecule has 2 N–H and O–H groups in total. The molecule has 2 aromatic heterocycles. The van der Waals surface area contributed by atoms with Gasteiger partial charge in [0.25, 0.3) is 11.8 Å². The van der Waals surface area contributed by atoms with Crippen LogP contribution in [0.5, 0.6) is 0 Å². The smallest absolute Gasteiger partial charge is 0.270 e. The lowest BCUT2D eigenvalue weighted by atomic mass is 10.2. The standard InChI is InChI=1S/C13H11FN4O2/c14-10-6-9(11-13(20)16-4-5-18(10)11)17-12(19)8-2-1-3-15-7-8/h1-3,6-7H,4-5H2,(H,16,20)(H,17,19). The molecule has 0 saturated carbocycles. The highest BCUT2D eigenvalue weighted by Crippen LogP contribution is 2.23. The summed E-state index contributed by atoms with van der Waals surface area (Å²) in [7, 11) is 0. The third kappa shape index (κ3) is 2.03. The van der Waals surface area contributed by atoms with Gasteiger partial charge in [-0.2, -0.15) is 4.39 Å². The van der Waals surface area contributed by atoms with Crippen LogP contribution in [0.2, 0.25) is 0 Å². The van der Waals surface area contributed by atoms with E-state index in [4.69, 9.17) is 0 Å². The third-order valence-electron chi connectivity index (χ3n) is 3.05. The van der Waals surface area contributed by atoms with E-state index in [1.54, 1.807) is 18.3 Å². The summed E-state index contributed by atoms with van der Waals surface area (Å²) >= 11 is 0. The number of nitrogens with zero attached hydrogens (tertiary/aromatic N) is 2. The lowest BCUT2D eigenvalue weighted by Gasteiger charge is -2.17. The van der Waals surface area contributed by atoms with Crippen LogP contribution >= 0.6 is 0 Å². The van der Waals surface area contributed by atoms with E-state index in [0.717, 1.165) is 6.07 Å². The minimum absolute atomic E-state index is 0.131. The lowest BCUT2D eigenvalue weighted by molar-refractivity contribution is 0.0925. The Morgan fingerprint density at radius 3 is 3.10 bits per heavy atom. The number of fused-ring (bicyclic) bond motifs is 1. The molecule has 0 spiro atoms. The molecular weight excluding hydrogens is 263 g/mol. The van der Waals surface area contributed by atoms with E-state index >= 15 is 0 Å². The summed E-state index contributed by atoms with van der Waals surface area (Å²) in [4.78, 5) is 27.6. The van der Waals surface area contributed by atoms with E-state index in [9.17, 15) is 14.0 Å². The molecule has 0 unspecified atom stereocenters. The Hall–Kier alpha value is -2.70. The van der Waals surface area contributed by atoms with E-state index in [2.05, 4.69) is 15.6 Å². The number of anilines is 1. The maximum atomic E-state index is 13.7. The Morgan fingerprint density at radius 2 is 2.35 bits per heavy atom. The predicted molar refractivity (Wildman–Crippen MR) is 68.9 cm³/mol. The zero-order valence-corrected chi connectivity index (χ0v) is 10.4. The Labute approximate surface area is 113 Å². The normalized spacial score (nSPS) is 13.6. The van der Waals surface area contributed by atoms with Crippen LogP contribution in [-0.4, -0.2) is 27.9 Å². The summed E-state index contributed by atoms with van der Waals surface area (Å²) in [5.74, 6) is -1.39. The van der Waals surface area contributed by atoms with Gasteiger partial charge >= 0.3 is 0 Å². The fraction of sp³-hybridized carbons (Fsp3) is 0.154. The number of halogens is 1. The zero-order chi connectivity index (χ0) is 14.1. The maximum absolute atomic E-state index is 13.7. The zero-order valence-electron chi connectivity index (χ0n) is 10.4. The SMILES string of the molecule is O=C(Nc1cc(F)n2c1C(=O)NCC2)c1cccnc1. The molecule has 0 fully saturated rings. The van der Waals surface area contributed by atoms with E-state index in [1.165, 1.54) is 10.8 Å². The first-order chi connectivity index (χ1) is 9.66. The van der Waals surface area contributed by atoms with Crippen molar-refractivity contribution in [3.8, 4) is 0 Å². The van der Waals surface area contributed by atoms with Crippen LogP contribution in [0.25, 0.3) is 0 Å². The average Bonchev–Trinajstić information content (AvgIpc) is 2.78. The predicted octanol–water partition coefficient (Wildman–Crippen LogP) is 1.02. The van der Waals surface area contributed by atoms with Crippen LogP contribution in [0, 0.1) is 5.95 Å². The fourth-order valence-electron chi connectivity index (χ4n) is 2.13. The van der Waals surface area contributed by atoms with Crippen molar-refractivity contribution in [2.24, 2.45) is 0 Å². The van der Waals surface area contributed by atoms with E-state index in [1.807, 2.05) is 0 Å². The Kier molecular flexibility index (Phi) is 2.94. The molecule has 0 saturated heterocycles. The monoisotopic (exact) mass is 274 g/mol. The van der Waals surface area contributed by atoms with Crippen LogP contribution in [-0.2, 0) is 6.54 Å². The molecule has 0 aliphatic carbocycles. The maximum Gasteiger partial charge on any atom is 0.270 e. The van der Waals surface area contributed by atoms with Gasteiger partial charge in [-0.1, -0.05) is 0 Å². The molecule has 3 rings (SSSR count). The second-order valence-electron chi connectivity index (χ2n) is 4.33. The second kappa shape index (κ2) is 4.76. The van der Waals surface area contributed by atoms with Crippen molar-refractivity contribution >= 4 is 17.5 Å². The van der Waals surface area contributed by atoms with Crippen molar-refractivity contribution in [3.05, 3.63) is 47.8 Å². The largest absolute Gasteiger partial charge is 0.349 e. The number of nitrogens with one attached hydrogen (secondary N) is 2. The number of aromatic nitrogens is 2. The fourth-order valence-corrected chi connectivity index (χ4v) is 2.13. The summed E-state index contributed by atoms with van der Waals surface area (Å²) in [6.45, 7) is 0.711. The molecule has 0 atom stereocenters. The number of carbonyl (C=O) groups is 2. The van der Waals surface area contributed by atoms with Gasteiger partial charge in [-0.3, -0.25) is 14.6 Å². The Balaban J connectivity index is 1.92. The van der Waals surface area contributed by atoms with Crippen LogP contribution in [0.15, 0.2) is 30.6 Å². The summed E-state index contributed by atoms with van der Waals surface area (Å²) in [6.07, 6.45) is 2.94. The van der Waals surface area contributed by atoms with Crippen molar-refractivity contribution in [3.63, 3.8) is 0 Å². The van der Waals surface area contributed by atoms with Crippen molar-refractivity contribution in [1.82, 2.24) is 14.9 Å². The number of pyridine rings is 1. The Bertz CT molecular complexity index is 681. The molecule has 0 aromatic carbocycles. The van der Waals surface area contributed by atoms with Gasteiger partial charge in [-0.15, -0.1) is 0 Å². The van der Waals surface area contributed by atoms with Crippen molar-refractivity contribution in [2.75, 3.05) is 11.9 Å². The highest BCUT2D eigenvalue weighted by Gasteiger charge is 2.25.